The number of halogens is 2. The Morgan fingerprint density at radius 2 is 1.68 bits per heavy atom. The van der Waals surface area contributed by atoms with Crippen LogP contribution in [-0.2, 0) is 19.6 Å². The van der Waals surface area contributed by atoms with Crippen molar-refractivity contribution in [1.29, 1.82) is 0 Å². The highest BCUT2D eigenvalue weighted by molar-refractivity contribution is 7.90. The topological polar surface area (TPSA) is 94.5 Å². The molecule has 0 aliphatic rings. The second-order valence-electron chi connectivity index (χ2n) is 8.35. The number of fused-ring (bicyclic) bond motifs is 1. The molecule has 0 aliphatic heterocycles. The minimum atomic E-state index is -4.35. The smallest absolute Gasteiger partial charge is 0.356 e. The summed E-state index contributed by atoms with van der Waals surface area (Å²) in [5.74, 6) is -1.35. The lowest BCUT2D eigenvalue weighted by Gasteiger charge is -2.13. The maximum absolute atomic E-state index is 14.0. The van der Waals surface area contributed by atoms with E-state index in [0.717, 1.165) is 9.54 Å². The zero-order valence-electron chi connectivity index (χ0n) is 20.8. The number of rotatable bonds is 7. The molecule has 0 aliphatic carbocycles. The number of ether oxygens (including phenoxy) is 1. The predicted molar refractivity (Wildman–Crippen MR) is 150 cm³/mol. The Morgan fingerprint density at radius 3 is 2.29 bits per heavy atom. The molecule has 1 N–H and O–H groups in total. The van der Waals surface area contributed by atoms with Crippen LogP contribution in [0.25, 0.3) is 22.6 Å². The van der Waals surface area contributed by atoms with Crippen LogP contribution in [0.5, 0.6) is 0 Å². The van der Waals surface area contributed by atoms with E-state index in [1.54, 1.807) is 49.4 Å². The molecule has 1 aromatic heterocycles. The standard InChI is InChI=1S/C28H24Cl2N2O5S/c1-4-37-28(34)26-22(16-21(27(33)31-3)18-8-6-5-7-9-18)25-23(30)14-19(29)15-24(25)32(26)38(35,36)20-12-10-17(2)11-13-20/h5-16H,4H2,1-3H3,(H,31,33)/b21-16+. The van der Waals surface area contributed by atoms with Gasteiger partial charge in [-0.1, -0.05) is 71.2 Å². The molecule has 3 aromatic carbocycles. The minimum absolute atomic E-state index is 0.0103. The van der Waals surface area contributed by atoms with Crippen molar-refractivity contribution < 1.29 is 22.7 Å². The Hall–Kier alpha value is -3.59. The first-order chi connectivity index (χ1) is 18.1. The number of likely N-dealkylation sites (N-methyl/N-ethyl adjacent to an activating group) is 1. The van der Waals surface area contributed by atoms with Gasteiger partial charge in [0.2, 0.25) is 0 Å². The molecule has 4 aromatic rings. The third-order valence-corrected chi connectivity index (χ3v) is 8.10. The number of hydrogen-bond donors (Lipinski definition) is 1. The van der Waals surface area contributed by atoms with E-state index in [1.165, 1.54) is 37.4 Å². The van der Waals surface area contributed by atoms with Crippen LogP contribution >= 0.6 is 23.2 Å². The number of nitrogens with one attached hydrogen (secondary N) is 1. The molecule has 0 spiro atoms. The van der Waals surface area contributed by atoms with Crippen LogP contribution in [0.1, 0.15) is 34.1 Å². The van der Waals surface area contributed by atoms with Gasteiger partial charge in [0.25, 0.3) is 15.9 Å². The first kappa shape index (κ1) is 27.4. The molecule has 0 unspecified atom stereocenters. The van der Waals surface area contributed by atoms with E-state index in [4.69, 9.17) is 27.9 Å². The average molecular weight is 571 g/mol. The van der Waals surface area contributed by atoms with Crippen molar-refractivity contribution in [2.24, 2.45) is 0 Å². The van der Waals surface area contributed by atoms with Crippen molar-refractivity contribution in [2.45, 2.75) is 18.7 Å². The van der Waals surface area contributed by atoms with E-state index < -0.39 is 21.9 Å². The van der Waals surface area contributed by atoms with Crippen LogP contribution in [-0.4, -0.2) is 37.9 Å². The number of amides is 1. The van der Waals surface area contributed by atoms with Gasteiger partial charge in [-0.3, -0.25) is 4.79 Å². The number of carbonyl (C=O) groups excluding carboxylic acids is 2. The number of benzene rings is 3. The van der Waals surface area contributed by atoms with Gasteiger partial charge in [-0.15, -0.1) is 0 Å². The normalized spacial score (nSPS) is 12.0. The summed E-state index contributed by atoms with van der Waals surface area (Å²) in [5.41, 5.74) is 1.48. The van der Waals surface area contributed by atoms with Crippen molar-refractivity contribution in [2.75, 3.05) is 13.7 Å². The van der Waals surface area contributed by atoms with Crippen molar-refractivity contribution >= 4 is 67.7 Å². The van der Waals surface area contributed by atoms with Crippen LogP contribution in [0.3, 0.4) is 0 Å². The Kier molecular flexibility index (Phi) is 7.97. The maximum Gasteiger partial charge on any atom is 0.356 e. The first-order valence-electron chi connectivity index (χ1n) is 11.6. The van der Waals surface area contributed by atoms with E-state index in [2.05, 4.69) is 5.32 Å². The molecule has 1 amide bonds. The van der Waals surface area contributed by atoms with Gasteiger partial charge in [0.15, 0.2) is 5.69 Å². The molecule has 0 radical (unpaired) electrons. The molecule has 0 fully saturated rings. The fraction of sp³-hybridized carbons (Fsp3) is 0.143. The summed E-state index contributed by atoms with van der Waals surface area (Å²) in [6.45, 7) is 3.43. The fourth-order valence-corrected chi connectivity index (χ4v) is 6.20. The molecule has 0 atom stereocenters. The number of hydrogen-bond acceptors (Lipinski definition) is 5. The molecule has 7 nitrogen and oxygen atoms in total. The number of aryl methyl sites for hydroxylation is 1. The van der Waals surface area contributed by atoms with Gasteiger partial charge in [-0.25, -0.2) is 17.2 Å². The van der Waals surface area contributed by atoms with E-state index in [9.17, 15) is 18.0 Å². The van der Waals surface area contributed by atoms with E-state index in [-0.39, 0.29) is 49.3 Å². The van der Waals surface area contributed by atoms with Crippen molar-refractivity contribution in [3.63, 3.8) is 0 Å². The Labute approximate surface area is 230 Å². The zero-order chi connectivity index (χ0) is 27.6. The molecule has 0 saturated heterocycles. The third-order valence-electron chi connectivity index (χ3n) is 5.85. The van der Waals surface area contributed by atoms with Gasteiger partial charge >= 0.3 is 5.97 Å². The number of carbonyl (C=O) groups is 2. The molecule has 4 rings (SSSR count). The summed E-state index contributed by atoms with van der Waals surface area (Å²) < 4.78 is 34.3. The van der Waals surface area contributed by atoms with Crippen LogP contribution in [0, 0.1) is 6.92 Å². The average Bonchev–Trinajstić information content (AvgIpc) is 3.22. The number of nitrogens with zero attached hydrogens (tertiary/aromatic N) is 1. The molecular formula is C28H24Cl2N2O5S. The summed E-state index contributed by atoms with van der Waals surface area (Å²) in [6, 6.07) is 17.8. The first-order valence-corrected chi connectivity index (χ1v) is 13.8. The molecule has 38 heavy (non-hydrogen) atoms. The highest BCUT2D eigenvalue weighted by atomic mass is 35.5. The summed E-state index contributed by atoms with van der Waals surface area (Å²) in [6.07, 6.45) is 1.45. The van der Waals surface area contributed by atoms with Crippen LogP contribution < -0.4 is 5.32 Å². The van der Waals surface area contributed by atoms with Crippen molar-refractivity contribution in [1.82, 2.24) is 9.29 Å². The van der Waals surface area contributed by atoms with Gasteiger partial charge in [0.1, 0.15) is 0 Å². The lowest BCUT2D eigenvalue weighted by molar-refractivity contribution is -0.115. The van der Waals surface area contributed by atoms with Gasteiger partial charge < -0.3 is 10.1 Å². The highest BCUT2D eigenvalue weighted by Crippen LogP contribution is 2.39. The zero-order valence-corrected chi connectivity index (χ0v) is 23.1. The Bertz CT molecular complexity index is 1680. The third kappa shape index (κ3) is 5.07. The highest BCUT2D eigenvalue weighted by Gasteiger charge is 2.33. The largest absolute Gasteiger partial charge is 0.461 e. The van der Waals surface area contributed by atoms with Gasteiger partial charge in [-0.05, 0) is 49.8 Å². The van der Waals surface area contributed by atoms with E-state index >= 15 is 0 Å². The van der Waals surface area contributed by atoms with E-state index in [1.807, 2.05) is 6.92 Å². The van der Waals surface area contributed by atoms with Gasteiger partial charge in [0.05, 0.1) is 22.0 Å². The van der Waals surface area contributed by atoms with Crippen LogP contribution in [0.15, 0.2) is 71.6 Å². The SMILES string of the molecule is CCOC(=O)c1c(/C=C(/C(=O)NC)c2ccccc2)c2c(Cl)cc(Cl)cc2n1S(=O)(=O)c1ccc(C)cc1. The maximum atomic E-state index is 14.0. The second kappa shape index (κ2) is 11.0. The molecule has 0 bridgehead atoms. The second-order valence-corrected chi connectivity index (χ2v) is 11.0. The van der Waals surface area contributed by atoms with Gasteiger partial charge in [-0.2, -0.15) is 0 Å². The summed E-state index contributed by atoms with van der Waals surface area (Å²) >= 11 is 12.9. The minimum Gasteiger partial charge on any atom is -0.461 e. The lowest BCUT2D eigenvalue weighted by Crippen LogP contribution is -2.21. The monoisotopic (exact) mass is 570 g/mol. The predicted octanol–water partition coefficient (Wildman–Crippen LogP) is 5.96. The molecular weight excluding hydrogens is 547 g/mol. The van der Waals surface area contributed by atoms with Crippen molar-refractivity contribution in [3.8, 4) is 0 Å². The quantitative estimate of drug-likeness (QED) is 0.218. The lowest BCUT2D eigenvalue weighted by atomic mass is 10.00. The van der Waals surface area contributed by atoms with E-state index in [0.29, 0.717) is 5.56 Å². The van der Waals surface area contributed by atoms with Gasteiger partial charge in [0, 0.05) is 28.6 Å². The number of esters is 1. The summed E-state index contributed by atoms with van der Waals surface area (Å²) in [7, 11) is -2.87. The Balaban J connectivity index is 2.20. The fourth-order valence-electron chi connectivity index (χ4n) is 4.11. The summed E-state index contributed by atoms with van der Waals surface area (Å²) in [5, 5.41) is 3.09. The number of aromatic nitrogens is 1. The molecule has 1 heterocycles. The van der Waals surface area contributed by atoms with Crippen molar-refractivity contribution in [3.05, 3.63) is 99.2 Å². The molecule has 10 heteroatoms. The Morgan fingerprint density at radius 1 is 1.03 bits per heavy atom. The van der Waals surface area contributed by atoms with Crippen LogP contribution in [0.4, 0.5) is 0 Å². The molecule has 196 valence electrons. The van der Waals surface area contributed by atoms with Crippen LogP contribution in [0.2, 0.25) is 10.0 Å². The molecule has 0 saturated carbocycles. The summed E-state index contributed by atoms with van der Waals surface area (Å²) in [4.78, 5) is 26.4.